The van der Waals surface area contributed by atoms with Gasteiger partial charge in [0.2, 0.25) is 0 Å². The molecule has 148 valence electrons. The van der Waals surface area contributed by atoms with Crippen LogP contribution in [0.25, 0.3) is 11.0 Å². The average molecular weight is 468 g/mol. The maximum absolute atomic E-state index is 15.3. The summed E-state index contributed by atoms with van der Waals surface area (Å²) in [5, 5.41) is 0.507. The number of hydrogen-bond acceptors (Lipinski definition) is 3. The molecule has 3 aromatic rings. The largest absolute Gasteiger partial charge is 0.373 e. The predicted octanol–water partition coefficient (Wildman–Crippen LogP) is 5.72. The minimum atomic E-state index is -0.492. The van der Waals surface area contributed by atoms with Gasteiger partial charge in [-0.1, -0.05) is 46.9 Å². The molecular weight excluding hydrogens is 447 g/mol. The minimum Gasteiger partial charge on any atom is -0.373 e. The van der Waals surface area contributed by atoms with Gasteiger partial charge in [0.05, 0.1) is 11.8 Å². The first kappa shape index (κ1) is 21.0. The number of halogens is 3. The van der Waals surface area contributed by atoms with Gasteiger partial charge in [0, 0.05) is 40.7 Å². The molecule has 0 atom stereocenters. The second kappa shape index (κ2) is 9.16. The number of imidazole rings is 1. The second-order valence-electron chi connectivity index (χ2n) is 6.68. The van der Waals surface area contributed by atoms with Crippen LogP contribution in [0.1, 0.15) is 41.3 Å². The molecule has 0 fully saturated rings. The van der Waals surface area contributed by atoms with Gasteiger partial charge in [-0.3, -0.25) is 4.79 Å². The topological polar surface area (TPSA) is 44.1 Å². The zero-order chi connectivity index (χ0) is 20.3. The lowest BCUT2D eigenvalue weighted by molar-refractivity contribution is 0.0753. The summed E-state index contributed by atoms with van der Waals surface area (Å²) in [7, 11) is 1.77. The summed E-state index contributed by atoms with van der Waals surface area (Å²) < 4.78 is 23.3. The number of nitrogens with zero attached hydrogens (tertiary/aromatic N) is 2. The molecule has 4 nitrogen and oxygen atoms in total. The first-order chi connectivity index (χ1) is 13.4. The summed E-state index contributed by atoms with van der Waals surface area (Å²) in [6, 6.07) is 7.11. The van der Waals surface area contributed by atoms with Crippen LogP contribution in [-0.2, 0) is 18.2 Å². The Morgan fingerprint density at radius 1 is 1.36 bits per heavy atom. The van der Waals surface area contributed by atoms with Gasteiger partial charge in [0.1, 0.15) is 12.1 Å². The molecular formula is C21H21BrClFN2O2. The molecule has 1 heterocycles. The van der Waals surface area contributed by atoms with Crippen LogP contribution in [0.5, 0.6) is 0 Å². The van der Waals surface area contributed by atoms with Gasteiger partial charge in [-0.2, -0.15) is 0 Å². The number of unbranched alkanes of at least 4 members (excludes halogenated alkanes) is 1. The molecule has 0 amide bonds. The maximum atomic E-state index is 15.3. The number of ketones is 1. The average Bonchev–Trinajstić information content (AvgIpc) is 3.03. The molecule has 0 spiro atoms. The molecule has 2 aromatic carbocycles. The molecule has 7 heteroatoms. The lowest BCUT2D eigenvalue weighted by Crippen LogP contribution is -2.14. The smallest absolute Gasteiger partial charge is 0.188 e. The number of hydrogen-bond donors (Lipinski definition) is 0. The van der Waals surface area contributed by atoms with Crippen molar-refractivity contribution in [3.63, 3.8) is 0 Å². The van der Waals surface area contributed by atoms with Crippen LogP contribution >= 0.6 is 27.5 Å². The molecule has 0 saturated carbocycles. The predicted molar refractivity (Wildman–Crippen MR) is 113 cm³/mol. The van der Waals surface area contributed by atoms with Gasteiger partial charge in [-0.25, -0.2) is 9.37 Å². The number of aromatic nitrogens is 2. The molecule has 28 heavy (non-hydrogen) atoms. The fourth-order valence-electron chi connectivity index (χ4n) is 3.03. The van der Waals surface area contributed by atoms with Gasteiger partial charge in [0.15, 0.2) is 11.6 Å². The van der Waals surface area contributed by atoms with E-state index in [2.05, 4.69) is 27.8 Å². The van der Waals surface area contributed by atoms with Crippen molar-refractivity contribution in [2.45, 2.75) is 26.2 Å². The Hall–Kier alpha value is -1.76. The van der Waals surface area contributed by atoms with E-state index in [4.69, 9.17) is 16.3 Å². The van der Waals surface area contributed by atoms with E-state index < -0.39 is 5.82 Å². The lowest BCUT2D eigenvalue weighted by atomic mass is 9.95. The van der Waals surface area contributed by atoms with Crippen LogP contribution in [0.2, 0.25) is 5.02 Å². The van der Waals surface area contributed by atoms with E-state index >= 15 is 4.39 Å². The van der Waals surface area contributed by atoms with Crippen molar-refractivity contribution >= 4 is 44.3 Å². The summed E-state index contributed by atoms with van der Waals surface area (Å²) in [6.45, 7) is 2.48. The Bertz CT molecular complexity index is 1020. The third-order valence-electron chi connectivity index (χ3n) is 4.62. The number of fused-ring (bicyclic) bond motifs is 1. The van der Waals surface area contributed by atoms with Crippen molar-refractivity contribution in [1.29, 1.82) is 0 Å². The third kappa shape index (κ3) is 4.45. The summed E-state index contributed by atoms with van der Waals surface area (Å²) in [5.41, 5.74) is 2.15. The standard InChI is InChI=1S/C21H21BrClFN2O2/c1-3-4-7-28-11-19(27)15-10-18-21(25-12-26(18)2)20(24)16(15)8-13-5-6-14(22)9-17(13)23/h5-6,9-10,12H,3-4,7-8,11H2,1-2H3. The Morgan fingerprint density at radius 2 is 2.14 bits per heavy atom. The fourth-order valence-corrected chi connectivity index (χ4v) is 3.77. The molecule has 0 aliphatic rings. The first-order valence-corrected chi connectivity index (χ1v) is 10.3. The van der Waals surface area contributed by atoms with Crippen LogP contribution in [0.4, 0.5) is 4.39 Å². The number of benzene rings is 2. The van der Waals surface area contributed by atoms with Crippen molar-refractivity contribution in [3.8, 4) is 0 Å². The first-order valence-electron chi connectivity index (χ1n) is 9.09. The molecule has 0 radical (unpaired) electrons. The molecule has 0 N–H and O–H groups in total. The number of rotatable bonds is 8. The Labute approximate surface area is 176 Å². The molecule has 1 aromatic heterocycles. The van der Waals surface area contributed by atoms with E-state index in [0.717, 1.165) is 22.9 Å². The molecule has 0 saturated heterocycles. The van der Waals surface area contributed by atoms with Gasteiger partial charge in [-0.05, 0) is 30.2 Å². The Morgan fingerprint density at radius 3 is 2.86 bits per heavy atom. The van der Waals surface area contributed by atoms with Crippen LogP contribution < -0.4 is 0 Å². The molecule has 0 aliphatic carbocycles. The van der Waals surface area contributed by atoms with Gasteiger partial charge in [0.25, 0.3) is 0 Å². The number of aryl methyl sites for hydroxylation is 1. The van der Waals surface area contributed by atoms with Crippen LogP contribution in [0.15, 0.2) is 35.1 Å². The zero-order valence-electron chi connectivity index (χ0n) is 15.8. The highest BCUT2D eigenvalue weighted by atomic mass is 79.9. The summed E-state index contributed by atoms with van der Waals surface area (Å²) in [6.07, 6.45) is 3.59. The summed E-state index contributed by atoms with van der Waals surface area (Å²) in [4.78, 5) is 17.0. The SMILES string of the molecule is CCCCOCC(=O)c1cc2c(ncn2C)c(F)c1Cc1ccc(Br)cc1Cl. The minimum absolute atomic E-state index is 0.0795. The van der Waals surface area contributed by atoms with Crippen LogP contribution in [-0.4, -0.2) is 28.5 Å². The van der Waals surface area contributed by atoms with E-state index in [9.17, 15) is 4.79 Å². The quantitative estimate of drug-likeness (QED) is 0.314. The molecule has 0 unspecified atom stereocenters. The van der Waals surface area contributed by atoms with Crippen LogP contribution in [0.3, 0.4) is 0 Å². The number of carbonyl (C=O) groups is 1. The normalized spacial score (nSPS) is 11.3. The van der Waals surface area contributed by atoms with E-state index in [-0.39, 0.29) is 24.3 Å². The van der Waals surface area contributed by atoms with E-state index in [1.165, 1.54) is 6.33 Å². The fraction of sp³-hybridized carbons (Fsp3) is 0.333. The van der Waals surface area contributed by atoms with Crippen molar-refractivity contribution in [2.24, 2.45) is 7.05 Å². The van der Waals surface area contributed by atoms with Crippen molar-refractivity contribution in [3.05, 3.63) is 62.6 Å². The number of ether oxygens (including phenoxy) is 1. The van der Waals surface area contributed by atoms with Crippen molar-refractivity contribution in [2.75, 3.05) is 13.2 Å². The van der Waals surface area contributed by atoms with E-state index in [0.29, 0.717) is 28.3 Å². The zero-order valence-corrected chi connectivity index (χ0v) is 18.1. The number of Topliss-reactive ketones (excluding diaryl/α,β-unsaturated/α-hetero) is 1. The van der Waals surface area contributed by atoms with E-state index in [1.54, 1.807) is 23.7 Å². The van der Waals surface area contributed by atoms with E-state index in [1.807, 2.05) is 12.1 Å². The number of carbonyl (C=O) groups excluding carboxylic acids is 1. The highest BCUT2D eigenvalue weighted by Crippen LogP contribution is 2.29. The summed E-state index contributed by atoms with van der Waals surface area (Å²) >= 11 is 9.69. The highest BCUT2D eigenvalue weighted by Gasteiger charge is 2.22. The Balaban J connectivity index is 2.03. The summed E-state index contributed by atoms with van der Waals surface area (Å²) in [5.74, 6) is -0.740. The van der Waals surface area contributed by atoms with Gasteiger partial charge < -0.3 is 9.30 Å². The molecule has 0 bridgehead atoms. The third-order valence-corrected chi connectivity index (χ3v) is 5.46. The Kier molecular flexibility index (Phi) is 6.86. The van der Waals surface area contributed by atoms with Gasteiger partial charge >= 0.3 is 0 Å². The van der Waals surface area contributed by atoms with Crippen molar-refractivity contribution < 1.29 is 13.9 Å². The lowest BCUT2D eigenvalue weighted by Gasteiger charge is -2.13. The molecule has 3 rings (SSSR count). The van der Waals surface area contributed by atoms with Crippen LogP contribution in [0, 0.1) is 5.82 Å². The van der Waals surface area contributed by atoms with Gasteiger partial charge in [-0.15, -0.1) is 0 Å². The molecule has 0 aliphatic heterocycles. The monoisotopic (exact) mass is 466 g/mol. The maximum Gasteiger partial charge on any atom is 0.188 e. The van der Waals surface area contributed by atoms with Crippen molar-refractivity contribution in [1.82, 2.24) is 9.55 Å². The second-order valence-corrected chi connectivity index (χ2v) is 8.00. The highest BCUT2D eigenvalue weighted by molar-refractivity contribution is 9.10.